The third-order valence-electron chi connectivity index (χ3n) is 1.69. The lowest BCUT2D eigenvalue weighted by Gasteiger charge is -2.01. The minimum absolute atomic E-state index is 0.477. The zero-order chi connectivity index (χ0) is 10.4. The Morgan fingerprint density at radius 2 is 2.36 bits per heavy atom. The van der Waals surface area contributed by atoms with Crippen molar-refractivity contribution in [3.05, 3.63) is 29.3 Å². The maximum absolute atomic E-state index is 10.7. The van der Waals surface area contributed by atoms with Crippen LogP contribution in [0.3, 0.4) is 0 Å². The monoisotopic (exact) mass is 206 g/mol. The van der Waals surface area contributed by atoms with Gasteiger partial charge < -0.3 is 4.74 Å². The van der Waals surface area contributed by atoms with Crippen LogP contribution in [0.2, 0.25) is 0 Å². The molecule has 3 heteroatoms. The first-order valence-corrected chi connectivity index (χ1v) is 4.68. The van der Waals surface area contributed by atoms with Crippen molar-refractivity contribution in [3.63, 3.8) is 0 Å². The van der Waals surface area contributed by atoms with Crippen LogP contribution >= 0.6 is 12.6 Å². The summed E-state index contributed by atoms with van der Waals surface area (Å²) in [4.78, 5) is 10.7. The van der Waals surface area contributed by atoms with Crippen LogP contribution in [0, 0.1) is 11.8 Å². The molecule has 0 aliphatic carbocycles. The fourth-order valence-corrected chi connectivity index (χ4v) is 1.09. The average molecular weight is 206 g/mol. The Bertz CT molecular complexity index is 388. The summed E-state index contributed by atoms with van der Waals surface area (Å²) >= 11 is 3.97. The molecule has 0 atom stereocenters. The van der Waals surface area contributed by atoms with E-state index in [9.17, 15) is 4.79 Å². The van der Waals surface area contributed by atoms with Crippen LogP contribution in [0.4, 0.5) is 0 Å². The Kier molecular flexibility index (Phi) is 4.09. The largest absolute Gasteiger partial charge is 0.497 e. The lowest BCUT2D eigenvalue weighted by atomic mass is 10.1. The topological polar surface area (TPSA) is 26.3 Å². The van der Waals surface area contributed by atoms with Crippen LogP contribution in [0.5, 0.6) is 5.75 Å². The van der Waals surface area contributed by atoms with Gasteiger partial charge in [0, 0.05) is 11.1 Å². The Morgan fingerprint density at radius 1 is 1.57 bits per heavy atom. The van der Waals surface area contributed by atoms with E-state index < -0.39 is 0 Å². The summed E-state index contributed by atoms with van der Waals surface area (Å²) in [5.74, 6) is 6.78. The molecule has 0 spiro atoms. The smallest absolute Gasteiger partial charge is 0.151 e. The average Bonchev–Trinajstić information content (AvgIpc) is 2.26. The van der Waals surface area contributed by atoms with Crippen molar-refractivity contribution in [1.82, 2.24) is 0 Å². The Hall–Kier alpha value is -1.40. The number of benzene rings is 1. The molecule has 0 radical (unpaired) electrons. The van der Waals surface area contributed by atoms with Gasteiger partial charge in [-0.15, -0.1) is 0 Å². The van der Waals surface area contributed by atoms with E-state index >= 15 is 0 Å². The molecule has 1 aromatic carbocycles. The maximum Gasteiger partial charge on any atom is 0.151 e. The second-order valence-corrected chi connectivity index (χ2v) is 2.85. The third-order valence-corrected chi connectivity index (χ3v) is 1.85. The van der Waals surface area contributed by atoms with Gasteiger partial charge in [0.1, 0.15) is 5.75 Å². The van der Waals surface area contributed by atoms with E-state index in [2.05, 4.69) is 24.5 Å². The first-order chi connectivity index (χ1) is 6.81. The summed E-state index contributed by atoms with van der Waals surface area (Å²) in [6.45, 7) is 0. The Balaban J connectivity index is 3.11. The molecule has 0 fully saturated rings. The molecule has 0 aliphatic heterocycles. The number of carbonyl (C=O) groups is 1. The highest BCUT2D eigenvalue weighted by molar-refractivity contribution is 7.80. The first kappa shape index (κ1) is 10.7. The van der Waals surface area contributed by atoms with E-state index in [-0.39, 0.29) is 0 Å². The van der Waals surface area contributed by atoms with Crippen molar-refractivity contribution in [3.8, 4) is 17.6 Å². The van der Waals surface area contributed by atoms with Crippen molar-refractivity contribution in [1.29, 1.82) is 0 Å². The Labute approximate surface area is 88.7 Å². The molecule has 0 aromatic heterocycles. The maximum atomic E-state index is 10.7. The molecule has 0 bridgehead atoms. The summed E-state index contributed by atoms with van der Waals surface area (Å²) in [6, 6.07) is 5.20. The number of aldehydes is 1. The van der Waals surface area contributed by atoms with E-state index in [0.717, 1.165) is 6.29 Å². The lowest BCUT2D eigenvalue weighted by Crippen LogP contribution is -1.90. The summed E-state index contributed by atoms with van der Waals surface area (Å²) < 4.78 is 4.99. The summed E-state index contributed by atoms with van der Waals surface area (Å²) in [5, 5.41) is 0. The van der Waals surface area contributed by atoms with Crippen molar-refractivity contribution in [2.75, 3.05) is 12.9 Å². The highest BCUT2D eigenvalue weighted by Crippen LogP contribution is 2.15. The number of hydrogen-bond acceptors (Lipinski definition) is 3. The lowest BCUT2D eigenvalue weighted by molar-refractivity contribution is 0.112. The summed E-state index contributed by atoms with van der Waals surface area (Å²) in [6.07, 6.45) is 0.769. The number of rotatable bonds is 2. The van der Waals surface area contributed by atoms with Crippen LogP contribution in [-0.4, -0.2) is 19.1 Å². The van der Waals surface area contributed by atoms with Crippen molar-refractivity contribution < 1.29 is 9.53 Å². The van der Waals surface area contributed by atoms with E-state index in [1.807, 2.05) is 0 Å². The number of hydrogen-bond donors (Lipinski definition) is 1. The Morgan fingerprint density at radius 3 is 2.93 bits per heavy atom. The van der Waals surface area contributed by atoms with Crippen LogP contribution in [0.25, 0.3) is 0 Å². The number of carbonyl (C=O) groups excluding carboxylic acids is 1. The SMILES string of the molecule is COc1ccc(C#CCS)c(C=O)c1. The normalized spacial score (nSPS) is 8.71. The van der Waals surface area contributed by atoms with Gasteiger partial charge in [-0.25, -0.2) is 0 Å². The van der Waals surface area contributed by atoms with Crippen LogP contribution in [-0.2, 0) is 0 Å². The van der Waals surface area contributed by atoms with Crippen molar-refractivity contribution >= 4 is 18.9 Å². The molecule has 0 aliphatic rings. The van der Waals surface area contributed by atoms with Gasteiger partial charge in [0.15, 0.2) is 6.29 Å². The van der Waals surface area contributed by atoms with E-state index in [4.69, 9.17) is 4.74 Å². The number of ether oxygens (including phenoxy) is 1. The van der Waals surface area contributed by atoms with Gasteiger partial charge in [0.25, 0.3) is 0 Å². The van der Waals surface area contributed by atoms with E-state index in [1.165, 1.54) is 0 Å². The highest BCUT2D eigenvalue weighted by Gasteiger charge is 2.00. The highest BCUT2D eigenvalue weighted by atomic mass is 32.1. The van der Waals surface area contributed by atoms with E-state index in [1.54, 1.807) is 25.3 Å². The molecule has 0 saturated carbocycles. The molecule has 14 heavy (non-hydrogen) atoms. The fraction of sp³-hybridized carbons (Fsp3) is 0.182. The molecule has 0 amide bonds. The van der Waals surface area contributed by atoms with Gasteiger partial charge in [0.2, 0.25) is 0 Å². The third kappa shape index (κ3) is 2.54. The molecule has 1 rings (SSSR count). The summed E-state index contributed by atoms with van der Waals surface area (Å²) in [7, 11) is 1.56. The second kappa shape index (κ2) is 5.36. The quantitative estimate of drug-likeness (QED) is 0.453. The molecule has 72 valence electrons. The van der Waals surface area contributed by atoms with Gasteiger partial charge in [-0.1, -0.05) is 11.8 Å². The van der Waals surface area contributed by atoms with Gasteiger partial charge >= 0.3 is 0 Å². The molecular weight excluding hydrogens is 196 g/mol. The molecule has 0 N–H and O–H groups in total. The predicted molar refractivity (Wildman–Crippen MR) is 59.1 cm³/mol. The molecular formula is C11H10O2S. The fourth-order valence-electron chi connectivity index (χ4n) is 1.01. The van der Waals surface area contributed by atoms with Gasteiger partial charge in [0.05, 0.1) is 12.9 Å². The van der Waals surface area contributed by atoms with Crippen molar-refractivity contribution in [2.45, 2.75) is 0 Å². The van der Waals surface area contributed by atoms with Gasteiger partial charge in [-0.05, 0) is 18.2 Å². The van der Waals surface area contributed by atoms with Crippen LogP contribution in [0.15, 0.2) is 18.2 Å². The van der Waals surface area contributed by atoms with Crippen molar-refractivity contribution in [2.24, 2.45) is 0 Å². The molecule has 2 nitrogen and oxygen atoms in total. The summed E-state index contributed by atoms with van der Waals surface area (Å²) in [5.41, 5.74) is 1.24. The zero-order valence-electron chi connectivity index (χ0n) is 7.78. The molecule has 0 saturated heterocycles. The second-order valence-electron chi connectivity index (χ2n) is 2.53. The van der Waals surface area contributed by atoms with Gasteiger partial charge in [-0.2, -0.15) is 12.6 Å². The molecule has 1 aromatic rings. The standard InChI is InChI=1S/C11H10O2S/c1-13-11-5-4-9(3-2-6-14)10(7-11)8-12/h4-5,7-8,14H,6H2,1H3. The predicted octanol–water partition coefficient (Wildman–Crippen LogP) is 1.79. The minimum Gasteiger partial charge on any atom is -0.497 e. The number of methoxy groups -OCH3 is 1. The molecule has 0 heterocycles. The van der Waals surface area contributed by atoms with Gasteiger partial charge in [-0.3, -0.25) is 4.79 Å². The van der Waals surface area contributed by atoms with E-state index in [0.29, 0.717) is 22.6 Å². The van der Waals surface area contributed by atoms with Crippen LogP contribution < -0.4 is 4.74 Å². The van der Waals surface area contributed by atoms with Crippen LogP contribution in [0.1, 0.15) is 15.9 Å². The molecule has 0 unspecified atom stereocenters. The zero-order valence-corrected chi connectivity index (χ0v) is 8.67. The number of thiol groups is 1. The first-order valence-electron chi connectivity index (χ1n) is 4.04. The minimum atomic E-state index is 0.477.